The number of benzene rings is 1. The number of nitrogens with zero attached hydrogens (tertiary/aromatic N) is 3. The van der Waals surface area contributed by atoms with Crippen LogP contribution in [0.3, 0.4) is 0 Å². The van der Waals surface area contributed by atoms with Gasteiger partial charge in [0.05, 0.1) is 11.0 Å². The van der Waals surface area contributed by atoms with Crippen molar-refractivity contribution in [3.8, 4) is 0 Å². The van der Waals surface area contributed by atoms with Crippen LogP contribution in [0.5, 0.6) is 0 Å². The quantitative estimate of drug-likeness (QED) is 0.608. The van der Waals surface area contributed by atoms with E-state index < -0.39 is 35.6 Å². The molecule has 1 aliphatic rings. The van der Waals surface area contributed by atoms with Crippen molar-refractivity contribution in [1.82, 2.24) is 9.80 Å². The van der Waals surface area contributed by atoms with Crippen molar-refractivity contribution in [2.24, 2.45) is 0 Å². The molecule has 6 nitrogen and oxygen atoms in total. The molecule has 0 N–H and O–H groups in total. The van der Waals surface area contributed by atoms with Crippen LogP contribution in [-0.2, 0) is 4.79 Å². The number of carbonyl (C=O) groups excluding carboxylic acids is 1. The topological polar surface area (TPSA) is 66.7 Å². The molecule has 132 valence electrons. The summed E-state index contributed by atoms with van der Waals surface area (Å²) in [4.78, 5) is 25.2. The zero-order chi connectivity index (χ0) is 18.1. The monoisotopic (exact) mass is 345 g/mol. The average molecular weight is 345 g/mol. The number of carbonyl (C=O) groups is 1. The number of likely N-dealkylation sites (N-methyl/N-ethyl adjacent to an activating group) is 1. The van der Waals surface area contributed by atoms with E-state index in [1.54, 1.807) is 37.1 Å². The molecule has 0 saturated carbocycles. The van der Waals surface area contributed by atoms with Gasteiger partial charge in [-0.05, 0) is 20.4 Å². The lowest BCUT2D eigenvalue weighted by Crippen LogP contribution is -2.43. The van der Waals surface area contributed by atoms with Gasteiger partial charge in [0.25, 0.3) is 5.69 Å². The van der Waals surface area contributed by atoms with Crippen LogP contribution < -0.4 is 0 Å². The Morgan fingerprint density at radius 1 is 1.42 bits per heavy atom. The number of para-hydroxylation sites is 1. The number of rotatable bonds is 5. The number of nitro benzene ring substituents is 1. The van der Waals surface area contributed by atoms with E-state index in [9.17, 15) is 28.1 Å². The summed E-state index contributed by atoms with van der Waals surface area (Å²) in [5.41, 5.74) is 0.349. The maximum Gasteiger partial charge on any atom is 0.406 e. The lowest BCUT2D eigenvalue weighted by molar-refractivity contribution is -0.386. The third-order valence-electron chi connectivity index (χ3n) is 4.33. The van der Waals surface area contributed by atoms with Crippen LogP contribution in [0, 0.1) is 10.1 Å². The average Bonchev–Trinajstić information content (AvgIpc) is 2.85. The van der Waals surface area contributed by atoms with Gasteiger partial charge in [-0.3, -0.25) is 19.8 Å². The number of hydrogen-bond acceptors (Lipinski definition) is 4. The van der Waals surface area contributed by atoms with Crippen LogP contribution >= 0.6 is 0 Å². The lowest BCUT2D eigenvalue weighted by Gasteiger charge is -2.29. The summed E-state index contributed by atoms with van der Waals surface area (Å²) in [6.07, 6.45) is -4.18. The molecule has 9 heteroatoms. The minimum absolute atomic E-state index is 0.0248. The van der Waals surface area contributed by atoms with Gasteiger partial charge in [0.2, 0.25) is 5.91 Å². The highest BCUT2D eigenvalue weighted by Gasteiger charge is 2.42. The molecule has 1 aromatic carbocycles. The van der Waals surface area contributed by atoms with Gasteiger partial charge in [-0.25, -0.2) is 0 Å². The first kappa shape index (κ1) is 18.2. The number of amides is 1. The van der Waals surface area contributed by atoms with Crippen LogP contribution in [0.25, 0.3) is 0 Å². The molecule has 0 bridgehead atoms. The van der Waals surface area contributed by atoms with Gasteiger partial charge in [0, 0.05) is 24.2 Å². The van der Waals surface area contributed by atoms with Crippen molar-refractivity contribution in [2.45, 2.75) is 31.6 Å². The minimum atomic E-state index is -4.44. The van der Waals surface area contributed by atoms with Crippen LogP contribution in [0.1, 0.15) is 24.9 Å². The molecule has 1 aliphatic heterocycles. The molecule has 0 unspecified atom stereocenters. The number of likely N-dealkylation sites (tertiary alicyclic amines) is 1. The van der Waals surface area contributed by atoms with Crippen molar-refractivity contribution in [1.29, 1.82) is 0 Å². The standard InChI is InChI=1S/C15H18F3N3O3/c1-10(11-5-3-4-6-12(11)21(23)24)19(2)13-7-8-20(14(13)22)9-15(16,17)18/h3-6,10,13H,7-9H2,1-2H3/t10-,13+/m1/s1. The molecule has 1 aromatic rings. The molecular formula is C15H18F3N3O3. The van der Waals surface area contributed by atoms with E-state index in [-0.39, 0.29) is 18.7 Å². The molecule has 1 saturated heterocycles. The molecule has 2 atom stereocenters. The molecule has 1 amide bonds. The normalized spacial score (nSPS) is 19.8. The van der Waals surface area contributed by atoms with Gasteiger partial charge in [0.1, 0.15) is 6.54 Å². The second-order valence-electron chi connectivity index (χ2n) is 5.84. The first-order valence-electron chi connectivity index (χ1n) is 7.42. The fourth-order valence-corrected chi connectivity index (χ4v) is 2.97. The van der Waals surface area contributed by atoms with Crippen LogP contribution in [0.15, 0.2) is 24.3 Å². The Labute approximate surface area is 137 Å². The Hall–Kier alpha value is -2.16. The summed E-state index contributed by atoms with van der Waals surface area (Å²) < 4.78 is 37.5. The highest BCUT2D eigenvalue weighted by molar-refractivity contribution is 5.84. The van der Waals surface area contributed by atoms with Crippen molar-refractivity contribution >= 4 is 11.6 Å². The van der Waals surface area contributed by atoms with Gasteiger partial charge in [-0.2, -0.15) is 13.2 Å². The maximum absolute atomic E-state index is 12.5. The van der Waals surface area contributed by atoms with Crippen LogP contribution in [0.2, 0.25) is 0 Å². The Morgan fingerprint density at radius 2 is 2.04 bits per heavy atom. The maximum atomic E-state index is 12.5. The molecule has 0 aromatic heterocycles. The van der Waals surface area contributed by atoms with Gasteiger partial charge in [-0.15, -0.1) is 0 Å². The Kier molecular flexibility index (Phi) is 5.12. The summed E-state index contributed by atoms with van der Waals surface area (Å²) in [5, 5.41) is 11.1. The van der Waals surface area contributed by atoms with E-state index in [1.807, 2.05) is 0 Å². The molecular weight excluding hydrogens is 327 g/mol. The summed E-state index contributed by atoms with van der Waals surface area (Å²) in [6, 6.07) is 4.95. The molecule has 24 heavy (non-hydrogen) atoms. The van der Waals surface area contributed by atoms with E-state index >= 15 is 0 Å². The van der Waals surface area contributed by atoms with Gasteiger partial charge < -0.3 is 4.90 Å². The Morgan fingerprint density at radius 3 is 2.62 bits per heavy atom. The molecule has 1 heterocycles. The van der Waals surface area contributed by atoms with Gasteiger partial charge in [-0.1, -0.05) is 18.2 Å². The molecule has 0 radical (unpaired) electrons. The highest BCUT2D eigenvalue weighted by Crippen LogP contribution is 2.32. The molecule has 1 fully saturated rings. The Balaban J connectivity index is 2.16. The number of halogens is 3. The predicted octanol–water partition coefficient (Wildman–Crippen LogP) is 2.75. The smallest absolute Gasteiger partial charge is 0.332 e. The van der Waals surface area contributed by atoms with E-state index in [0.717, 1.165) is 4.90 Å². The fraction of sp³-hybridized carbons (Fsp3) is 0.533. The van der Waals surface area contributed by atoms with Gasteiger partial charge >= 0.3 is 6.18 Å². The SMILES string of the molecule is C[C@H](c1ccccc1[N+](=O)[O-])N(C)[C@H]1CCN(CC(F)(F)F)C1=O. The van der Waals surface area contributed by atoms with Gasteiger partial charge in [0.15, 0.2) is 0 Å². The number of hydrogen-bond donors (Lipinski definition) is 0. The summed E-state index contributed by atoms with van der Waals surface area (Å²) in [6.45, 7) is 0.453. The fourth-order valence-electron chi connectivity index (χ4n) is 2.97. The van der Waals surface area contributed by atoms with Crippen LogP contribution in [-0.4, -0.2) is 53.0 Å². The second kappa shape index (κ2) is 6.76. The van der Waals surface area contributed by atoms with Crippen molar-refractivity contribution < 1.29 is 22.9 Å². The minimum Gasteiger partial charge on any atom is -0.332 e. The van der Waals surface area contributed by atoms with E-state index in [2.05, 4.69) is 0 Å². The molecule has 2 rings (SSSR count). The molecule has 0 spiro atoms. The summed E-state index contributed by atoms with van der Waals surface area (Å²) in [5.74, 6) is -0.597. The van der Waals surface area contributed by atoms with E-state index in [1.165, 1.54) is 6.07 Å². The largest absolute Gasteiger partial charge is 0.406 e. The zero-order valence-corrected chi connectivity index (χ0v) is 13.3. The first-order chi connectivity index (χ1) is 11.1. The lowest BCUT2D eigenvalue weighted by atomic mass is 10.0. The predicted molar refractivity (Wildman–Crippen MR) is 80.3 cm³/mol. The number of nitro groups is 1. The third-order valence-corrected chi connectivity index (χ3v) is 4.33. The number of alkyl halides is 3. The first-order valence-corrected chi connectivity index (χ1v) is 7.42. The third kappa shape index (κ3) is 3.84. The van der Waals surface area contributed by atoms with Crippen LogP contribution in [0.4, 0.5) is 18.9 Å². The van der Waals surface area contributed by atoms with Crippen molar-refractivity contribution in [3.63, 3.8) is 0 Å². The summed E-state index contributed by atoms with van der Waals surface area (Å²) >= 11 is 0. The summed E-state index contributed by atoms with van der Waals surface area (Å²) in [7, 11) is 1.60. The van der Waals surface area contributed by atoms with E-state index in [4.69, 9.17) is 0 Å². The van der Waals surface area contributed by atoms with E-state index in [0.29, 0.717) is 5.56 Å². The zero-order valence-electron chi connectivity index (χ0n) is 13.3. The van der Waals surface area contributed by atoms with Crippen molar-refractivity contribution in [2.75, 3.05) is 20.1 Å². The molecule has 0 aliphatic carbocycles. The highest BCUT2D eigenvalue weighted by atomic mass is 19.4. The Bertz CT molecular complexity index is 636. The van der Waals surface area contributed by atoms with Crippen molar-refractivity contribution in [3.05, 3.63) is 39.9 Å². The second-order valence-corrected chi connectivity index (χ2v) is 5.84.